The molecule has 0 atom stereocenters. The molecule has 1 aliphatic rings. The lowest BCUT2D eigenvalue weighted by molar-refractivity contribution is 0.0250. The van der Waals surface area contributed by atoms with E-state index >= 15 is 0 Å². The highest BCUT2D eigenvalue weighted by Gasteiger charge is 2.27. The minimum atomic E-state index is -0.509. The highest BCUT2D eigenvalue weighted by molar-refractivity contribution is 6.31. The second-order valence-electron chi connectivity index (χ2n) is 5.83. The molecule has 1 fully saturated rings. The standard InChI is InChI=1S/C16H24ClNO/c1-13-6-7-14(10-15(13)17)11-18-12-16(19)8-4-2-3-5-9-16/h6-7,10,18-19H,2-5,8-9,11-12H2,1H3. The topological polar surface area (TPSA) is 32.3 Å². The van der Waals surface area contributed by atoms with Crippen molar-refractivity contribution < 1.29 is 5.11 Å². The predicted molar refractivity (Wildman–Crippen MR) is 80.5 cm³/mol. The third-order valence-electron chi connectivity index (χ3n) is 4.05. The first-order valence-electron chi connectivity index (χ1n) is 7.27. The van der Waals surface area contributed by atoms with Crippen molar-refractivity contribution in [2.45, 2.75) is 57.6 Å². The minimum absolute atomic E-state index is 0.509. The van der Waals surface area contributed by atoms with Crippen LogP contribution < -0.4 is 5.32 Å². The monoisotopic (exact) mass is 281 g/mol. The second kappa shape index (κ2) is 6.74. The normalized spacial score (nSPS) is 19.1. The first kappa shape index (κ1) is 14.8. The zero-order chi connectivity index (χ0) is 13.7. The lowest BCUT2D eigenvalue weighted by Crippen LogP contribution is -2.39. The van der Waals surface area contributed by atoms with Crippen molar-refractivity contribution in [2.24, 2.45) is 0 Å². The van der Waals surface area contributed by atoms with Crippen LogP contribution in [0.1, 0.15) is 49.7 Å². The fourth-order valence-corrected chi connectivity index (χ4v) is 2.95. The number of nitrogens with one attached hydrogen (secondary N) is 1. The Morgan fingerprint density at radius 3 is 2.53 bits per heavy atom. The van der Waals surface area contributed by atoms with Crippen molar-refractivity contribution >= 4 is 11.6 Å². The molecule has 2 rings (SSSR count). The molecule has 1 aliphatic carbocycles. The quantitative estimate of drug-likeness (QED) is 0.822. The molecule has 19 heavy (non-hydrogen) atoms. The number of benzene rings is 1. The summed E-state index contributed by atoms with van der Waals surface area (Å²) in [4.78, 5) is 0. The van der Waals surface area contributed by atoms with E-state index in [1.807, 2.05) is 19.1 Å². The number of hydrogen-bond donors (Lipinski definition) is 2. The zero-order valence-electron chi connectivity index (χ0n) is 11.7. The summed E-state index contributed by atoms with van der Waals surface area (Å²) in [6.45, 7) is 3.45. The van der Waals surface area contributed by atoms with Gasteiger partial charge in [0.05, 0.1) is 5.60 Å². The SMILES string of the molecule is Cc1ccc(CNCC2(O)CCCCCC2)cc1Cl. The van der Waals surface area contributed by atoms with Crippen molar-refractivity contribution in [3.63, 3.8) is 0 Å². The molecule has 2 nitrogen and oxygen atoms in total. The van der Waals surface area contributed by atoms with Crippen LogP contribution in [0.25, 0.3) is 0 Å². The molecule has 1 saturated carbocycles. The van der Waals surface area contributed by atoms with E-state index < -0.39 is 5.60 Å². The van der Waals surface area contributed by atoms with Crippen LogP contribution in [0.3, 0.4) is 0 Å². The van der Waals surface area contributed by atoms with Gasteiger partial charge < -0.3 is 10.4 Å². The van der Waals surface area contributed by atoms with Crippen LogP contribution in [0.15, 0.2) is 18.2 Å². The van der Waals surface area contributed by atoms with Gasteiger partial charge in [-0.15, -0.1) is 0 Å². The Morgan fingerprint density at radius 1 is 1.21 bits per heavy atom. The molecule has 0 spiro atoms. The van der Waals surface area contributed by atoms with Gasteiger partial charge in [0.15, 0.2) is 0 Å². The van der Waals surface area contributed by atoms with Gasteiger partial charge in [0.2, 0.25) is 0 Å². The van der Waals surface area contributed by atoms with Gasteiger partial charge in [-0.1, -0.05) is 49.4 Å². The Kier molecular flexibility index (Phi) is 5.26. The summed E-state index contributed by atoms with van der Waals surface area (Å²) in [5.74, 6) is 0. The van der Waals surface area contributed by atoms with E-state index in [2.05, 4.69) is 11.4 Å². The molecule has 1 aromatic rings. The van der Waals surface area contributed by atoms with Gasteiger partial charge in [-0.2, -0.15) is 0 Å². The summed E-state index contributed by atoms with van der Waals surface area (Å²) in [5.41, 5.74) is 1.77. The van der Waals surface area contributed by atoms with E-state index in [-0.39, 0.29) is 0 Å². The summed E-state index contributed by atoms with van der Waals surface area (Å²) in [6, 6.07) is 6.13. The van der Waals surface area contributed by atoms with Crippen LogP contribution in [-0.2, 0) is 6.54 Å². The highest BCUT2D eigenvalue weighted by Crippen LogP contribution is 2.26. The number of aryl methyl sites for hydroxylation is 1. The Morgan fingerprint density at radius 2 is 1.89 bits per heavy atom. The molecule has 1 aromatic carbocycles. The molecule has 0 saturated heterocycles. The van der Waals surface area contributed by atoms with Crippen LogP contribution in [-0.4, -0.2) is 17.3 Å². The Balaban J connectivity index is 1.83. The molecule has 0 bridgehead atoms. The largest absolute Gasteiger partial charge is 0.389 e. The Bertz CT molecular complexity index is 411. The van der Waals surface area contributed by atoms with Gasteiger partial charge in [0, 0.05) is 18.1 Å². The van der Waals surface area contributed by atoms with Crippen LogP contribution in [0.2, 0.25) is 5.02 Å². The summed E-state index contributed by atoms with van der Waals surface area (Å²) in [5, 5.41) is 14.7. The fraction of sp³-hybridized carbons (Fsp3) is 0.625. The minimum Gasteiger partial charge on any atom is -0.389 e. The maximum Gasteiger partial charge on any atom is 0.0771 e. The Hall–Kier alpha value is -0.570. The Labute approximate surface area is 121 Å². The number of halogens is 1. The predicted octanol–water partition coefficient (Wildman–Crippen LogP) is 3.82. The van der Waals surface area contributed by atoms with E-state index in [0.717, 1.165) is 42.8 Å². The van der Waals surface area contributed by atoms with E-state index in [0.29, 0.717) is 6.54 Å². The molecule has 2 N–H and O–H groups in total. The zero-order valence-corrected chi connectivity index (χ0v) is 12.5. The molecule has 0 heterocycles. The third-order valence-corrected chi connectivity index (χ3v) is 4.46. The van der Waals surface area contributed by atoms with Gasteiger partial charge in [-0.05, 0) is 37.0 Å². The van der Waals surface area contributed by atoms with Gasteiger partial charge in [0.25, 0.3) is 0 Å². The van der Waals surface area contributed by atoms with E-state index in [4.69, 9.17) is 11.6 Å². The highest BCUT2D eigenvalue weighted by atomic mass is 35.5. The smallest absolute Gasteiger partial charge is 0.0771 e. The van der Waals surface area contributed by atoms with Gasteiger partial charge in [-0.25, -0.2) is 0 Å². The van der Waals surface area contributed by atoms with Crippen molar-refractivity contribution in [1.29, 1.82) is 0 Å². The van der Waals surface area contributed by atoms with Crippen LogP contribution in [0.5, 0.6) is 0 Å². The molecular weight excluding hydrogens is 258 g/mol. The lowest BCUT2D eigenvalue weighted by atomic mass is 9.94. The summed E-state index contributed by atoms with van der Waals surface area (Å²) >= 11 is 6.11. The van der Waals surface area contributed by atoms with Crippen molar-refractivity contribution in [3.8, 4) is 0 Å². The van der Waals surface area contributed by atoms with Gasteiger partial charge in [0.1, 0.15) is 0 Å². The maximum absolute atomic E-state index is 10.5. The van der Waals surface area contributed by atoms with Crippen molar-refractivity contribution in [3.05, 3.63) is 34.3 Å². The number of rotatable bonds is 4. The molecule has 0 aromatic heterocycles. The van der Waals surface area contributed by atoms with Gasteiger partial charge in [-0.3, -0.25) is 0 Å². The van der Waals surface area contributed by atoms with Crippen LogP contribution >= 0.6 is 11.6 Å². The summed E-state index contributed by atoms with van der Waals surface area (Å²) in [6.07, 6.45) is 6.66. The molecule has 106 valence electrons. The van der Waals surface area contributed by atoms with E-state index in [1.165, 1.54) is 18.4 Å². The average molecular weight is 282 g/mol. The molecule has 0 unspecified atom stereocenters. The second-order valence-corrected chi connectivity index (χ2v) is 6.23. The first-order valence-corrected chi connectivity index (χ1v) is 7.65. The average Bonchev–Trinajstić information content (AvgIpc) is 2.59. The molecule has 0 amide bonds. The summed E-state index contributed by atoms with van der Waals surface area (Å²) in [7, 11) is 0. The van der Waals surface area contributed by atoms with Crippen molar-refractivity contribution in [1.82, 2.24) is 5.32 Å². The number of hydrogen-bond acceptors (Lipinski definition) is 2. The van der Waals surface area contributed by atoms with E-state index in [9.17, 15) is 5.11 Å². The summed E-state index contributed by atoms with van der Waals surface area (Å²) < 4.78 is 0. The third kappa shape index (κ3) is 4.48. The number of aliphatic hydroxyl groups is 1. The molecule has 0 radical (unpaired) electrons. The molecule has 0 aliphatic heterocycles. The van der Waals surface area contributed by atoms with E-state index in [1.54, 1.807) is 0 Å². The fourth-order valence-electron chi connectivity index (χ4n) is 2.75. The van der Waals surface area contributed by atoms with Crippen LogP contribution in [0, 0.1) is 6.92 Å². The van der Waals surface area contributed by atoms with Crippen molar-refractivity contribution in [2.75, 3.05) is 6.54 Å². The first-order chi connectivity index (χ1) is 9.09. The van der Waals surface area contributed by atoms with Gasteiger partial charge >= 0.3 is 0 Å². The lowest BCUT2D eigenvalue weighted by Gasteiger charge is -2.27. The van der Waals surface area contributed by atoms with Crippen LogP contribution in [0.4, 0.5) is 0 Å². The molecule has 3 heteroatoms. The molecular formula is C16H24ClNO. The maximum atomic E-state index is 10.5.